The maximum atomic E-state index is 7.20. The van der Waals surface area contributed by atoms with Crippen LogP contribution in [0.3, 0.4) is 0 Å². The molecule has 0 fully saturated rings. The van der Waals surface area contributed by atoms with Crippen LogP contribution in [0, 0.1) is 6.90 Å². The van der Waals surface area contributed by atoms with Crippen molar-refractivity contribution >= 4 is 0 Å². The van der Waals surface area contributed by atoms with Crippen molar-refractivity contribution in [3.8, 4) is 11.3 Å². The van der Waals surface area contributed by atoms with E-state index in [4.69, 9.17) is 1.37 Å². The maximum absolute atomic E-state index is 7.20. The Morgan fingerprint density at radius 1 is 1.08 bits per heavy atom. The highest BCUT2D eigenvalue weighted by atomic mass is 14.7. The summed E-state index contributed by atoms with van der Waals surface area (Å²) >= 11 is 0. The number of hydrogen-bond acceptors (Lipinski definition) is 1. The molecule has 0 spiro atoms. The van der Waals surface area contributed by atoms with Crippen molar-refractivity contribution in [3.05, 3.63) is 54.2 Å². The van der Waals surface area contributed by atoms with Crippen molar-refractivity contribution in [2.75, 3.05) is 0 Å². The number of aromatic nitrogens is 1. The van der Waals surface area contributed by atoms with Gasteiger partial charge in [-0.25, -0.2) is 0 Å². The highest BCUT2D eigenvalue weighted by molar-refractivity contribution is 5.58. The Kier molecular flexibility index (Phi) is 1.79. The van der Waals surface area contributed by atoms with Crippen LogP contribution in [-0.4, -0.2) is 4.98 Å². The first kappa shape index (κ1) is 6.84. The second-order valence-corrected chi connectivity index (χ2v) is 2.91. The SMILES string of the molecule is [2H]Cc1ccc(-c2ccccn2)cc1. The van der Waals surface area contributed by atoms with Crippen molar-refractivity contribution < 1.29 is 1.37 Å². The minimum Gasteiger partial charge on any atom is -0.256 e. The summed E-state index contributed by atoms with van der Waals surface area (Å²) in [4.78, 5) is 4.26. The second-order valence-electron chi connectivity index (χ2n) is 2.91. The molecule has 1 heteroatoms. The molecule has 0 atom stereocenters. The van der Waals surface area contributed by atoms with Gasteiger partial charge in [-0.3, -0.25) is 4.98 Å². The Morgan fingerprint density at radius 2 is 1.92 bits per heavy atom. The van der Waals surface area contributed by atoms with Gasteiger partial charge in [0.1, 0.15) is 0 Å². The van der Waals surface area contributed by atoms with Gasteiger partial charge in [0.2, 0.25) is 0 Å². The molecule has 1 aromatic carbocycles. The molecule has 0 saturated heterocycles. The van der Waals surface area contributed by atoms with Crippen LogP contribution >= 0.6 is 0 Å². The van der Waals surface area contributed by atoms with Crippen LogP contribution in [0.15, 0.2) is 48.7 Å². The molecule has 13 heavy (non-hydrogen) atoms. The number of hydrogen-bond donors (Lipinski definition) is 0. The average molecular weight is 170 g/mol. The molecule has 0 saturated carbocycles. The van der Waals surface area contributed by atoms with E-state index >= 15 is 0 Å². The molecule has 0 aliphatic heterocycles. The summed E-state index contributed by atoms with van der Waals surface area (Å²) in [5, 5.41) is 0. The van der Waals surface area contributed by atoms with Gasteiger partial charge < -0.3 is 0 Å². The molecule has 0 radical (unpaired) electrons. The minimum atomic E-state index is 0.336. The van der Waals surface area contributed by atoms with Crippen LogP contribution in [0.5, 0.6) is 0 Å². The van der Waals surface area contributed by atoms with Crippen LogP contribution in [-0.2, 0) is 0 Å². The Bertz CT molecular complexity index is 394. The first-order valence-electron chi connectivity index (χ1n) is 4.90. The molecule has 0 unspecified atom stereocenters. The molecular formula is C12H11N. The number of nitrogens with zero attached hydrogens (tertiary/aromatic N) is 1. The van der Waals surface area contributed by atoms with Crippen LogP contribution in [0.4, 0.5) is 0 Å². The third-order valence-electron chi connectivity index (χ3n) is 1.91. The molecule has 0 bridgehead atoms. The van der Waals surface area contributed by atoms with Gasteiger partial charge in [-0.1, -0.05) is 35.9 Å². The molecular weight excluding hydrogens is 158 g/mol. The van der Waals surface area contributed by atoms with E-state index in [0.717, 1.165) is 16.8 Å². The minimum absolute atomic E-state index is 0.336. The molecule has 0 N–H and O–H groups in total. The van der Waals surface area contributed by atoms with E-state index < -0.39 is 0 Å². The quantitative estimate of drug-likeness (QED) is 0.641. The monoisotopic (exact) mass is 170 g/mol. The third-order valence-corrected chi connectivity index (χ3v) is 1.91. The van der Waals surface area contributed by atoms with Gasteiger partial charge in [0.05, 0.1) is 5.69 Å². The van der Waals surface area contributed by atoms with Gasteiger partial charge in [0, 0.05) is 13.1 Å². The first-order chi connectivity index (χ1) is 6.90. The summed E-state index contributed by atoms with van der Waals surface area (Å²) in [6.45, 7) is 0.336. The summed E-state index contributed by atoms with van der Waals surface area (Å²) in [5.41, 5.74) is 3.11. The van der Waals surface area contributed by atoms with Gasteiger partial charge >= 0.3 is 0 Å². The lowest BCUT2D eigenvalue weighted by molar-refractivity contribution is 1.32. The zero-order valence-corrected chi connectivity index (χ0v) is 7.27. The predicted octanol–water partition coefficient (Wildman–Crippen LogP) is 3.06. The average Bonchev–Trinajstić information content (AvgIpc) is 2.30. The number of aryl methyl sites for hydroxylation is 1. The van der Waals surface area contributed by atoms with E-state index in [2.05, 4.69) is 4.98 Å². The summed E-state index contributed by atoms with van der Waals surface area (Å²) in [7, 11) is 0. The molecule has 0 amide bonds. The van der Waals surface area contributed by atoms with Crippen LogP contribution in [0.1, 0.15) is 6.93 Å². The van der Waals surface area contributed by atoms with Crippen molar-refractivity contribution in [2.24, 2.45) is 0 Å². The van der Waals surface area contributed by atoms with E-state index in [1.165, 1.54) is 0 Å². The Morgan fingerprint density at radius 3 is 2.54 bits per heavy atom. The molecule has 64 valence electrons. The van der Waals surface area contributed by atoms with Gasteiger partial charge in [0.15, 0.2) is 0 Å². The van der Waals surface area contributed by atoms with Crippen LogP contribution in [0.25, 0.3) is 11.3 Å². The highest BCUT2D eigenvalue weighted by Gasteiger charge is 1.95. The fraction of sp³-hybridized carbons (Fsp3) is 0.0833. The second kappa shape index (κ2) is 3.40. The van der Waals surface area contributed by atoms with E-state index in [1.807, 2.05) is 42.5 Å². The summed E-state index contributed by atoms with van der Waals surface area (Å²) in [6.07, 6.45) is 1.79. The first-order valence-corrected chi connectivity index (χ1v) is 4.20. The lowest BCUT2D eigenvalue weighted by atomic mass is 10.1. The Hall–Kier alpha value is -1.63. The van der Waals surface area contributed by atoms with E-state index in [1.54, 1.807) is 6.20 Å². The zero-order chi connectivity index (χ0) is 9.80. The molecule has 0 aliphatic carbocycles. The highest BCUT2D eigenvalue weighted by Crippen LogP contribution is 2.15. The third kappa shape index (κ3) is 1.75. The van der Waals surface area contributed by atoms with E-state index in [-0.39, 0.29) is 0 Å². The Labute approximate surface area is 79.5 Å². The molecule has 1 aromatic heterocycles. The molecule has 1 heterocycles. The summed E-state index contributed by atoms with van der Waals surface area (Å²) in [5.74, 6) is 0. The van der Waals surface area contributed by atoms with Gasteiger partial charge in [0.25, 0.3) is 0 Å². The fourth-order valence-corrected chi connectivity index (χ4v) is 1.21. The maximum Gasteiger partial charge on any atom is 0.0701 e. The smallest absolute Gasteiger partial charge is 0.0701 e. The lowest BCUT2D eigenvalue weighted by Gasteiger charge is -1.99. The van der Waals surface area contributed by atoms with Crippen LogP contribution < -0.4 is 0 Å². The number of pyridine rings is 1. The normalized spacial score (nSPS) is 10.9. The van der Waals surface area contributed by atoms with E-state index in [9.17, 15) is 0 Å². The molecule has 2 rings (SSSR count). The largest absolute Gasteiger partial charge is 0.256 e. The zero-order valence-electron chi connectivity index (χ0n) is 8.27. The van der Waals surface area contributed by atoms with Crippen molar-refractivity contribution in [1.29, 1.82) is 0 Å². The van der Waals surface area contributed by atoms with Gasteiger partial charge in [-0.05, 0) is 19.0 Å². The lowest BCUT2D eigenvalue weighted by Crippen LogP contribution is -1.81. The van der Waals surface area contributed by atoms with Crippen molar-refractivity contribution in [2.45, 2.75) is 6.90 Å². The topological polar surface area (TPSA) is 12.9 Å². The number of rotatable bonds is 1. The fourth-order valence-electron chi connectivity index (χ4n) is 1.21. The van der Waals surface area contributed by atoms with Crippen LogP contribution in [0.2, 0.25) is 0 Å². The number of benzene rings is 1. The summed E-state index contributed by atoms with van der Waals surface area (Å²) < 4.78 is 7.20. The van der Waals surface area contributed by atoms with Crippen molar-refractivity contribution in [3.63, 3.8) is 0 Å². The Balaban J connectivity index is 2.34. The van der Waals surface area contributed by atoms with Gasteiger partial charge in [-0.15, -0.1) is 0 Å². The van der Waals surface area contributed by atoms with Gasteiger partial charge in [-0.2, -0.15) is 0 Å². The predicted molar refractivity (Wildman–Crippen MR) is 54.4 cm³/mol. The molecule has 0 aliphatic rings. The molecule has 2 aromatic rings. The van der Waals surface area contributed by atoms with Crippen molar-refractivity contribution in [1.82, 2.24) is 4.98 Å². The van der Waals surface area contributed by atoms with E-state index in [0.29, 0.717) is 6.90 Å². The summed E-state index contributed by atoms with van der Waals surface area (Å²) in [6, 6.07) is 13.8. The molecule has 1 nitrogen and oxygen atoms in total. The standard InChI is InChI=1S/C12H11N/c1-10-5-7-11(8-6-10)12-4-2-3-9-13-12/h2-9H,1H3/i1D.